The van der Waals surface area contributed by atoms with Crippen molar-refractivity contribution in [1.82, 2.24) is 4.90 Å². The first kappa shape index (κ1) is 16.2. The minimum Gasteiger partial charge on any atom is -0.395 e. The number of rotatable bonds is 6. The smallest absolute Gasteiger partial charge is 0.177 e. The predicted molar refractivity (Wildman–Crippen MR) is 85.8 cm³/mol. The maximum absolute atomic E-state index is 12.6. The van der Waals surface area contributed by atoms with Crippen LogP contribution in [0.3, 0.4) is 0 Å². The van der Waals surface area contributed by atoms with Crippen LogP contribution >= 0.6 is 0 Å². The van der Waals surface area contributed by atoms with Crippen LogP contribution in [0.5, 0.6) is 0 Å². The molecule has 0 amide bonds. The molecule has 0 saturated heterocycles. The van der Waals surface area contributed by atoms with Crippen molar-refractivity contribution in [3.8, 4) is 0 Å². The molecule has 2 rings (SSSR count). The molecule has 1 aromatic rings. The first-order chi connectivity index (χ1) is 10.1. The maximum Gasteiger partial charge on any atom is 0.177 e. The number of benzene rings is 1. The molecule has 1 saturated carbocycles. The summed E-state index contributed by atoms with van der Waals surface area (Å²) in [5.74, 6) is 0.176. The Hall–Kier alpha value is -1.19. The van der Waals surface area contributed by atoms with E-state index in [1.165, 1.54) is 19.3 Å². The van der Waals surface area contributed by atoms with Crippen molar-refractivity contribution in [2.75, 3.05) is 19.7 Å². The van der Waals surface area contributed by atoms with E-state index in [0.29, 0.717) is 19.1 Å². The topological polar surface area (TPSA) is 40.5 Å². The lowest BCUT2D eigenvalue weighted by molar-refractivity contribution is 0.0814. The number of Topliss-reactive ketones (excluding diaryl/α,β-unsaturated/α-hetero) is 1. The lowest BCUT2D eigenvalue weighted by Crippen LogP contribution is -2.42. The lowest BCUT2D eigenvalue weighted by atomic mass is 9.93. The Kier molecular flexibility index (Phi) is 5.95. The van der Waals surface area contributed by atoms with Gasteiger partial charge in [-0.25, -0.2) is 0 Å². The second-order valence-corrected chi connectivity index (χ2v) is 6.23. The molecule has 116 valence electrons. The molecule has 0 aromatic heterocycles. The number of carbonyl (C=O) groups is 1. The van der Waals surface area contributed by atoms with Gasteiger partial charge in [-0.2, -0.15) is 0 Å². The average Bonchev–Trinajstić information content (AvgIpc) is 2.50. The Balaban J connectivity index is 2.08. The van der Waals surface area contributed by atoms with Gasteiger partial charge < -0.3 is 5.11 Å². The molecule has 0 unspecified atom stereocenters. The monoisotopic (exact) mass is 289 g/mol. The normalized spacial score (nSPS) is 16.4. The minimum atomic E-state index is 0.122. The zero-order valence-corrected chi connectivity index (χ0v) is 13.3. The molecule has 0 heterocycles. The molecule has 0 aliphatic heterocycles. The first-order valence-corrected chi connectivity index (χ1v) is 8.07. The number of hydrogen-bond acceptors (Lipinski definition) is 3. The summed E-state index contributed by atoms with van der Waals surface area (Å²) < 4.78 is 0. The summed E-state index contributed by atoms with van der Waals surface area (Å²) in [6.45, 7) is 5.15. The van der Waals surface area contributed by atoms with Crippen LogP contribution in [0.15, 0.2) is 18.2 Å². The van der Waals surface area contributed by atoms with Crippen LogP contribution in [0.2, 0.25) is 0 Å². The molecule has 1 aliphatic carbocycles. The van der Waals surface area contributed by atoms with Gasteiger partial charge in [-0.15, -0.1) is 0 Å². The van der Waals surface area contributed by atoms with Crippen LogP contribution in [0, 0.1) is 13.8 Å². The first-order valence-electron chi connectivity index (χ1n) is 8.07. The van der Waals surface area contributed by atoms with Crippen LogP contribution in [0.4, 0.5) is 0 Å². The van der Waals surface area contributed by atoms with E-state index in [4.69, 9.17) is 0 Å². The van der Waals surface area contributed by atoms with Gasteiger partial charge in [-0.05, 0) is 38.3 Å². The summed E-state index contributed by atoms with van der Waals surface area (Å²) in [5.41, 5.74) is 2.99. The summed E-state index contributed by atoms with van der Waals surface area (Å²) in [5, 5.41) is 9.30. The number of aliphatic hydroxyl groups is 1. The van der Waals surface area contributed by atoms with E-state index in [1.807, 2.05) is 32.0 Å². The fourth-order valence-electron chi connectivity index (χ4n) is 3.27. The number of aliphatic hydroxyl groups excluding tert-OH is 1. The molecule has 0 radical (unpaired) electrons. The van der Waals surface area contributed by atoms with Crippen molar-refractivity contribution in [2.45, 2.75) is 52.0 Å². The van der Waals surface area contributed by atoms with E-state index in [0.717, 1.165) is 29.5 Å². The van der Waals surface area contributed by atoms with Crippen LogP contribution in [0.1, 0.15) is 53.6 Å². The van der Waals surface area contributed by atoms with Gasteiger partial charge in [0.2, 0.25) is 0 Å². The molecule has 0 spiro atoms. The Morgan fingerprint density at radius 1 is 1.24 bits per heavy atom. The molecule has 3 heteroatoms. The largest absolute Gasteiger partial charge is 0.395 e. The van der Waals surface area contributed by atoms with E-state index in [9.17, 15) is 9.90 Å². The maximum atomic E-state index is 12.6. The molecule has 1 fully saturated rings. The Morgan fingerprint density at radius 2 is 1.95 bits per heavy atom. The van der Waals surface area contributed by atoms with Crippen LogP contribution < -0.4 is 0 Å². The number of hydrogen-bond donors (Lipinski definition) is 1. The zero-order valence-electron chi connectivity index (χ0n) is 13.3. The third-order valence-electron chi connectivity index (χ3n) is 4.52. The van der Waals surface area contributed by atoms with E-state index < -0.39 is 0 Å². The summed E-state index contributed by atoms with van der Waals surface area (Å²) in [6, 6.07) is 6.49. The van der Waals surface area contributed by atoms with E-state index in [-0.39, 0.29) is 12.4 Å². The number of nitrogens with zero attached hydrogens (tertiary/aromatic N) is 1. The second-order valence-electron chi connectivity index (χ2n) is 6.23. The lowest BCUT2D eigenvalue weighted by Gasteiger charge is -2.33. The quantitative estimate of drug-likeness (QED) is 0.818. The molecular weight excluding hydrogens is 262 g/mol. The summed E-state index contributed by atoms with van der Waals surface area (Å²) in [7, 11) is 0. The highest BCUT2D eigenvalue weighted by Gasteiger charge is 2.23. The molecule has 1 aromatic carbocycles. The average molecular weight is 289 g/mol. The van der Waals surface area contributed by atoms with Gasteiger partial charge in [0.05, 0.1) is 13.2 Å². The standard InChI is InChI=1S/C18H27NO2/c1-14-8-9-15(2)17(12-14)18(21)13-19(10-11-20)16-6-4-3-5-7-16/h8-9,12,16,20H,3-7,10-11,13H2,1-2H3. The van der Waals surface area contributed by atoms with Crippen molar-refractivity contribution < 1.29 is 9.90 Å². The molecule has 0 bridgehead atoms. The van der Waals surface area contributed by atoms with Crippen molar-refractivity contribution in [2.24, 2.45) is 0 Å². The molecule has 3 nitrogen and oxygen atoms in total. The molecule has 1 N–H and O–H groups in total. The highest BCUT2D eigenvalue weighted by molar-refractivity contribution is 5.99. The number of ketones is 1. The molecule has 0 atom stereocenters. The highest BCUT2D eigenvalue weighted by Crippen LogP contribution is 2.23. The van der Waals surface area contributed by atoms with E-state index >= 15 is 0 Å². The van der Waals surface area contributed by atoms with E-state index in [2.05, 4.69) is 4.90 Å². The van der Waals surface area contributed by atoms with Crippen molar-refractivity contribution >= 4 is 5.78 Å². The molecular formula is C18H27NO2. The van der Waals surface area contributed by atoms with Gasteiger partial charge in [-0.3, -0.25) is 9.69 Å². The molecule has 21 heavy (non-hydrogen) atoms. The Morgan fingerprint density at radius 3 is 2.62 bits per heavy atom. The predicted octanol–water partition coefficient (Wildman–Crippen LogP) is 3.11. The highest BCUT2D eigenvalue weighted by atomic mass is 16.3. The van der Waals surface area contributed by atoms with Crippen molar-refractivity contribution in [3.05, 3.63) is 34.9 Å². The van der Waals surface area contributed by atoms with Crippen LogP contribution in [-0.2, 0) is 0 Å². The second kappa shape index (κ2) is 7.71. The van der Waals surface area contributed by atoms with Crippen LogP contribution in [-0.4, -0.2) is 41.5 Å². The van der Waals surface area contributed by atoms with Gasteiger partial charge in [-0.1, -0.05) is 37.0 Å². The summed E-state index contributed by atoms with van der Waals surface area (Å²) >= 11 is 0. The van der Waals surface area contributed by atoms with Gasteiger partial charge in [0.1, 0.15) is 0 Å². The van der Waals surface area contributed by atoms with Crippen LogP contribution in [0.25, 0.3) is 0 Å². The number of carbonyl (C=O) groups excluding carboxylic acids is 1. The number of aryl methyl sites for hydroxylation is 2. The fraction of sp³-hybridized carbons (Fsp3) is 0.611. The fourth-order valence-corrected chi connectivity index (χ4v) is 3.27. The summed E-state index contributed by atoms with van der Waals surface area (Å²) in [6.07, 6.45) is 6.09. The summed E-state index contributed by atoms with van der Waals surface area (Å²) in [4.78, 5) is 14.8. The van der Waals surface area contributed by atoms with Gasteiger partial charge in [0.15, 0.2) is 5.78 Å². The SMILES string of the molecule is Cc1ccc(C)c(C(=O)CN(CCO)C2CCCCC2)c1. The minimum absolute atomic E-state index is 0.122. The Labute approximate surface area is 128 Å². The van der Waals surface area contributed by atoms with Gasteiger partial charge in [0.25, 0.3) is 0 Å². The van der Waals surface area contributed by atoms with Gasteiger partial charge >= 0.3 is 0 Å². The zero-order chi connectivity index (χ0) is 15.2. The molecule has 1 aliphatic rings. The third kappa shape index (κ3) is 4.39. The van der Waals surface area contributed by atoms with Crippen molar-refractivity contribution in [3.63, 3.8) is 0 Å². The van der Waals surface area contributed by atoms with Gasteiger partial charge in [0, 0.05) is 18.2 Å². The van der Waals surface area contributed by atoms with E-state index in [1.54, 1.807) is 0 Å². The Bertz CT molecular complexity index is 478. The van der Waals surface area contributed by atoms with Crippen molar-refractivity contribution in [1.29, 1.82) is 0 Å². The third-order valence-corrected chi connectivity index (χ3v) is 4.52.